The summed E-state index contributed by atoms with van der Waals surface area (Å²) in [6, 6.07) is 0. The zero-order valence-electron chi connectivity index (χ0n) is 33.0. The fourth-order valence-electron chi connectivity index (χ4n) is 6.12. The van der Waals surface area contributed by atoms with Crippen molar-refractivity contribution in [2.45, 2.75) is 219 Å². The second-order valence-electron chi connectivity index (χ2n) is 14.7. The molecule has 0 fully saturated rings. The molecule has 0 radical (unpaired) electrons. The Morgan fingerprint density at radius 3 is 1.16 bits per heavy atom. The van der Waals surface area contributed by atoms with Crippen LogP contribution in [0.3, 0.4) is 0 Å². The summed E-state index contributed by atoms with van der Waals surface area (Å²) in [6.45, 7) is 5.77. The molecule has 0 aliphatic rings. The lowest BCUT2D eigenvalue weighted by Gasteiger charge is -2.17. The average Bonchev–Trinajstić information content (AvgIpc) is 3.08. The first-order valence-electron chi connectivity index (χ1n) is 21.1. The van der Waals surface area contributed by atoms with Gasteiger partial charge in [-0.2, -0.15) is 0 Å². The first-order valence-corrected chi connectivity index (χ1v) is 21.1. The number of esters is 3. The number of carbonyl (C=O) groups excluding carboxylic acids is 3. The fraction of sp³-hybridized carbons (Fsp3) is 0.929. The van der Waals surface area contributed by atoms with E-state index in [0.29, 0.717) is 19.8 Å². The van der Waals surface area contributed by atoms with Crippen molar-refractivity contribution < 1.29 is 28.6 Å². The Kier molecular flexibility index (Phi) is 36.4. The minimum atomic E-state index is -1.07. The highest BCUT2D eigenvalue weighted by Gasteiger charge is 2.26. The molecular weight excluding hydrogens is 614 g/mol. The Hall–Kier alpha value is -1.63. The number of hydrogen-bond donors (Lipinski definition) is 0. The standard InChI is InChI=1S/C42H81NO6/c1-5-7-9-11-13-15-17-19-21-23-25-27-29-31-37-47-40(44)34-33-39(49-41(45)35-36-43(3)4)42(46)48-38-32-30-28-26-24-22-20-18-16-14-12-10-8-6-2/h39H,5-38H2,1-4H3. The summed E-state index contributed by atoms with van der Waals surface area (Å²) < 4.78 is 16.4. The van der Waals surface area contributed by atoms with E-state index in [9.17, 15) is 14.4 Å². The van der Waals surface area contributed by atoms with E-state index in [1.165, 1.54) is 148 Å². The van der Waals surface area contributed by atoms with Crippen molar-refractivity contribution in [3.05, 3.63) is 0 Å². The monoisotopic (exact) mass is 696 g/mol. The van der Waals surface area contributed by atoms with Crippen molar-refractivity contribution in [3.63, 3.8) is 0 Å². The molecule has 0 saturated heterocycles. The third-order valence-corrected chi connectivity index (χ3v) is 9.41. The van der Waals surface area contributed by atoms with Gasteiger partial charge in [0.2, 0.25) is 0 Å². The van der Waals surface area contributed by atoms with E-state index < -0.39 is 18.0 Å². The van der Waals surface area contributed by atoms with Crippen LogP contribution in [-0.4, -0.2) is 62.8 Å². The minimum Gasteiger partial charge on any atom is -0.466 e. The van der Waals surface area contributed by atoms with Crippen LogP contribution in [0.1, 0.15) is 213 Å². The summed E-state index contributed by atoms with van der Waals surface area (Å²) >= 11 is 0. The summed E-state index contributed by atoms with van der Waals surface area (Å²) in [4.78, 5) is 39.5. The van der Waals surface area contributed by atoms with Crippen LogP contribution in [0, 0.1) is 0 Å². The molecular formula is C42H81NO6. The van der Waals surface area contributed by atoms with E-state index in [1.54, 1.807) is 0 Å². The second kappa shape index (κ2) is 37.6. The second-order valence-corrected chi connectivity index (χ2v) is 14.7. The quantitative estimate of drug-likeness (QED) is 0.0361. The maximum Gasteiger partial charge on any atom is 0.347 e. The summed E-state index contributed by atoms with van der Waals surface area (Å²) in [7, 11) is 3.76. The maximum atomic E-state index is 12.8. The number of rotatable bonds is 38. The van der Waals surface area contributed by atoms with E-state index in [4.69, 9.17) is 14.2 Å². The van der Waals surface area contributed by atoms with Crippen LogP contribution >= 0.6 is 0 Å². The van der Waals surface area contributed by atoms with Crippen molar-refractivity contribution in [1.29, 1.82) is 0 Å². The van der Waals surface area contributed by atoms with Crippen molar-refractivity contribution in [2.75, 3.05) is 33.9 Å². The van der Waals surface area contributed by atoms with Crippen LogP contribution in [0.2, 0.25) is 0 Å². The van der Waals surface area contributed by atoms with Gasteiger partial charge in [0.25, 0.3) is 0 Å². The van der Waals surface area contributed by atoms with Crippen molar-refractivity contribution in [3.8, 4) is 0 Å². The van der Waals surface area contributed by atoms with E-state index in [1.807, 2.05) is 19.0 Å². The van der Waals surface area contributed by atoms with Crippen molar-refractivity contribution in [2.24, 2.45) is 0 Å². The van der Waals surface area contributed by atoms with Gasteiger partial charge in [-0.05, 0) is 26.9 Å². The number of hydrogen-bond acceptors (Lipinski definition) is 7. The molecule has 0 N–H and O–H groups in total. The fourth-order valence-corrected chi connectivity index (χ4v) is 6.12. The lowest BCUT2D eigenvalue weighted by molar-refractivity contribution is -0.169. The molecule has 0 aliphatic carbocycles. The predicted molar refractivity (Wildman–Crippen MR) is 205 cm³/mol. The van der Waals surface area contributed by atoms with Gasteiger partial charge in [0.05, 0.1) is 19.6 Å². The molecule has 0 aromatic carbocycles. The number of nitrogens with zero attached hydrogens (tertiary/aromatic N) is 1. The van der Waals surface area contributed by atoms with E-state index in [2.05, 4.69) is 13.8 Å². The van der Waals surface area contributed by atoms with Gasteiger partial charge in [-0.3, -0.25) is 9.59 Å². The highest BCUT2D eigenvalue weighted by Crippen LogP contribution is 2.15. The number of unbranched alkanes of at least 4 members (excludes halogenated alkanes) is 26. The zero-order valence-corrected chi connectivity index (χ0v) is 33.0. The molecule has 290 valence electrons. The minimum absolute atomic E-state index is 0.0260. The normalized spacial score (nSPS) is 11.9. The van der Waals surface area contributed by atoms with Gasteiger partial charge in [0, 0.05) is 19.4 Å². The summed E-state index contributed by atoms with van der Waals surface area (Å²) in [6.07, 6.45) is 34.9. The zero-order chi connectivity index (χ0) is 36.0. The highest BCUT2D eigenvalue weighted by atomic mass is 16.6. The van der Waals surface area contributed by atoms with Crippen LogP contribution in [0.4, 0.5) is 0 Å². The van der Waals surface area contributed by atoms with Gasteiger partial charge in [-0.15, -0.1) is 0 Å². The van der Waals surface area contributed by atoms with Gasteiger partial charge in [-0.1, -0.05) is 181 Å². The Bertz CT molecular complexity index is 743. The Balaban J connectivity index is 4.05. The largest absolute Gasteiger partial charge is 0.466 e. The Labute approximate surface area is 303 Å². The van der Waals surface area contributed by atoms with Gasteiger partial charge in [-0.25, -0.2) is 4.79 Å². The van der Waals surface area contributed by atoms with Crippen LogP contribution in [-0.2, 0) is 28.6 Å². The molecule has 0 aliphatic heterocycles. The topological polar surface area (TPSA) is 82.1 Å². The summed E-state index contributed by atoms with van der Waals surface area (Å²) in [5.41, 5.74) is 0. The average molecular weight is 696 g/mol. The molecule has 1 unspecified atom stereocenters. The van der Waals surface area contributed by atoms with Crippen LogP contribution < -0.4 is 0 Å². The molecule has 0 aromatic rings. The van der Waals surface area contributed by atoms with Crippen molar-refractivity contribution >= 4 is 17.9 Å². The molecule has 0 heterocycles. The van der Waals surface area contributed by atoms with E-state index >= 15 is 0 Å². The first-order chi connectivity index (χ1) is 23.9. The lowest BCUT2D eigenvalue weighted by atomic mass is 10.0. The van der Waals surface area contributed by atoms with E-state index in [0.717, 1.165) is 32.1 Å². The van der Waals surface area contributed by atoms with Gasteiger partial charge in [0.15, 0.2) is 6.10 Å². The summed E-state index contributed by atoms with van der Waals surface area (Å²) in [5, 5.41) is 0. The SMILES string of the molecule is CCCCCCCCCCCCCCCCOC(=O)CCC(OC(=O)CCN(C)C)C(=O)OCCCCCCCCCCCCCCCC. The molecule has 7 nitrogen and oxygen atoms in total. The smallest absolute Gasteiger partial charge is 0.347 e. The molecule has 0 saturated carbocycles. The first kappa shape index (κ1) is 47.4. The maximum absolute atomic E-state index is 12.8. The van der Waals surface area contributed by atoms with E-state index in [-0.39, 0.29) is 25.2 Å². The van der Waals surface area contributed by atoms with Gasteiger partial charge < -0.3 is 19.1 Å². The predicted octanol–water partition coefficient (Wildman–Crippen LogP) is 11.7. The molecule has 0 rings (SSSR count). The Morgan fingerprint density at radius 1 is 0.449 bits per heavy atom. The molecule has 1 atom stereocenters. The molecule has 0 bridgehead atoms. The summed E-state index contributed by atoms with van der Waals surface area (Å²) in [5.74, 6) is -1.38. The highest BCUT2D eigenvalue weighted by molar-refractivity contribution is 5.80. The number of ether oxygens (including phenoxy) is 3. The Morgan fingerprint density at radius 2 is 0.796 bits per heavy atom. The van der Waals surface area contributed by atoms with Crippen molar-refractivity contribution in [1.82, 2.24) is 4.90 Å². The number of carbonyl (C=O) groups is 3. The van der Waals surface area contributed by atoms with Crippen LogP contribution in [0.15, 0.2) is 0 Å². The molecule has 7 heteroatoms. The molecule has 0 aromatic heterocycles. The van der Waals surface area contributed by atoms with Gasteiger partial charge in [0.1, 0.15) is 0 Å². The third-order valence-electron chi connectivity index (χ3n) is 9.41. The lowest BCUT2D eigenvalue weighted by Crippen LogP contribution is -2.31. The van der Waals surface area contributed by atoms with Crippen LogP contribution in [0.5, 0.6) is 0 Å². The molecule has 0 amide bonds. The van der Waals surface area contributed by atoms with Gasteiger partial charge >= 0.3 is 17.9 Å². The van der Waals surface area contributed by atoms with Crippen LogP contribution in [0.25, 0.3) is 0 Å². The molecule has 49 heavy (non-hydrogen) atoms. The molecule has 0 spiro atoms. The third kappa shape index (κ3) is 36.0.